The van der Waals surface area contributed by atoms with Gasteiger partial charge in [0.05, 0.1) is 6.10 Å². The molecule has 6 nitrogen and oxygen atoms in total. The molecule has 1 aliphatic heterocycles. The lowest BCUT2D eigenvalue weighted by molar-refractivity contribution is 0.114. The molecule has 1 aliphatic rings. The van der Waals surface area contributed by atoms with Crippen LogP contribution in [0.25, 0.3) is 0 Å². The molecule has 0 saturated carbocycles. The molecule has 2 atom stereocenters. The highest BCUT2D eigenvalue weighted by Gasteiger charge is 2.25. The van der Waals surface area contributed by atoms with Crippen LogP contribution < -0.4 is 4.90 Å². The first-order valence-electron chi connectivity index (χ1n) is 6.51. The predicted molar refractivity (Wildman–Crippen MR) is 71.7 cm³/mol. The van der Waals surface area contributed by atoms with Gasteiger partial charge in [-0.05, 0) is 26.0 Å². The largest absolute Gasteiger partial charge is 0.392 e. The molecule has 1 fully saturated rings. The van der Waals surface area contributed by atoms with Gasteiger partial charge in [0.15, 0.2) is 11.5 Å². The van der Waals surface area contributed by atoms with E-state index < -0.39 is 0 Å². The summed E-state index contributed by atoms with van der Waals surface area (Å²) in [5.74, 6) is 0.809. The summed E-state index contributed by atoms with van der Waals surface area (Å²) in [6.07, 6.45) is -0.298. The lowest BCUT2D eigenvalue weighted by Crippen LogP contribution is -2.53. The summed E-state index contributed by atoms with van der Waals surface area (Å²) in [5.41, 5.74) is 0.337. The van der Waals surface area contributed by atoms with E-state index in [2.05, 4.69) is 26.9 Å². The summed E-state index contributed by atoms with van der Waals surface area (Å²) in [7, 11) is 0. The Hall–Kier alpha value is -1.71. The average Bonchev–Trinajstić information content (AvgIpc) is 2.38. The van der Waals surface area contributed by atoms with Gasteiger partial charge < -0.3 is 10.0 Å². The number of aliphatic hydroxyl groups is 1. The van der Waals surface area contributed by atoms with Gasteiger partial charge in [0.1, 0.15) is 6.07 Å². The zero-order valence-electron chi connectivity index (χ0n) is 11.3. The predicted octanol–water partition coefficient (Wildman–Crippen LogP) is 0.240. The molecule has 2 unspecified atom stereocenters. The zero-order valence-corrected chi connectivity index (χ0v) is 11.3. The van der Waals surface area contributed by atoms with Crippen molar-refractivity contribution < 1.29 is 5.11 Å². The molecular formula is C13H19N5O. The van der Waals surface area contributed by atoms with Crippen molar-refractivity contribution in [2.45, 2.75) is 26.0 Å². The second-order valence-corrected chi connectivity index (χ2v) is 5.04. The van der Waals surface area contributed by atoms with Crippen LogP contribution in [0.3, 0.4) is 0 Å². The number of nitriles is 1. The van der Waals surface area contributed by atoms with Crippen LogP contribution in [-0.4, -0.2) is 58.5 Å². The van der Waals surface area contributed by atoms with Crippen molar-refractivity contribution in [2.75, 3.05) is 31.1 Å². The Balaban J connectivity index is 2.01. The van der Waals surface area contributed by atoms with Crippen molar-refractivity contribution in [1.82, 2.24) is 15.1 Å². The zero-order chi connectivity index (χ0) is 13.8. The molecule has 0 radical (unpaired) electrons. The lowest BCUT2D eigenvalue weighted by atomic mass is 10.1. The number of nitrogens with zero attached hydrogens (tertiary/aromatic N) is 5. The van der Waals surface area contributed by atoms with E-state index in [0.717, 1.165) is 25.5 Å². The van der Waals surface area contributed by atoms with Crippen molar-refractivity contribution in [3.63, 3.8) is 0 Å². The second kappa shape index (κ2) is 5.95. The molecule has 2 heterocycles. The van der Waals surface area contributed by atoms with E-state index in [9.17, 15) is 5.11 Å². The first-order chi connectivity index (χ1) is 9.10. The Morgan fingerprint density at radius 2 is 2.26 bits per heavy atom. The molecular weight excluding hydrogens is 242 g/mol. The van der Waals surface area contributed by atoms with Crippen LogP contribution in [0.2, 0.25) is 0 Å². The topological polar surface area (TPSA) is 76.3 Å². The number of hydrogen-bond acceptors (Lipinski definition) is 6. The van der Waals surface area contributed by atoms with Crippen molar-refractivity contribution in [3.8, 4) is 6.07 Å². The quantitative estimate of drug-likeness (QED) is 0.840. The molecule has 19 heavy (non-hydrogen) atoms. The minimum Gasteiger partial charge on any atom is -0.392 e. The lowest BCUT2D eigenvalue weighted by Gasteiger charge is -2.40. The van der Waals surface area contributed by atoms with Crippen LogP contribution in [0, 0.1) is 11.3 Å². The van der Waals surface area contributed by atoms with Crippen molar-refractivity contribution in [1.29, 1.82) is 5.26 Å². The third-order valence-electron chi connectivity index (χ3n) is 3.29. The van der Waals surface area contributed by atoms with Gasteiger partial charge in [-0.2, -0.15) is 5.26 Å². The monoisotopic (exact) mass is 261 g/mol. The number of rotatable bonds is 3. The standard InChI is InChI=1S/C13H19N5O/c1-10-8-17(9-11(2)19)5-6-18(10)13-4-3-12(7-14)15-16-13/h3-4,10-11,19H,5-6,8-9H2,1-2H3. The fourth-order valence-corrected chi connectivity index (χ4v) is 2.45. The Morgan fingerprint density at radius 1 is 1.47 bits per heavy atom. The van der Waals surface area contributed by atoms with Gasteiger partial charge in [-0.15, -0.1) is 10.2 Å². The summed E-state index contributed by atoms with van der Waals surface area (Å²) < 4.78 is 0. The normalized spacial score (nSPS) is 22.0. The highest BCUT2D eigenvalue weighted by molar-refractivity contribution is 5.40. The molecule has 1 aromatic rings. The maximum absolute atomic E-state index is 9.42. The molecule has 6 heteroatoms. The van der Waals surface area contributed by atoms with Crippen LogP contribution in [0.15, 0.2) is 12.1 Å². The maximum atomic E-state index is 9.42. The van der Waals surface area contributed by atoms with E-state index in [-0.39, 0.29) is 6.10 Å². The number of aliphatic hydroxyl groups excluding tert-OH is 1. The highest BCUT2D eigenvalue weighted by Crippen LogP contribution is 2.17. The van der Waals surface area contributed by atoms with E-state index in [1.165, 1.54) is 0 Å². The fourth-order valence-electron chi connectivity index (χ4n) is 2.45. The molecule has 1 aromatic heterocycles. The molecule has 0 aromatic carbocycles. The molecule has 0 amide bonds. The van der Waals surface area contributed by atoms with E-state index in [1.54, 1.807) is 6.07 Å². The number of hydrogen-bond donors (Lipinski definition) is 1. The van der Waals surface area contributed by atoms with E-state index >= 15 is 0 Å². The summed E-state index contributed by atoms with van der Waals surface area (Å²) in [6.45, 7) is 7.30. The van der Waals surface area contributed by atoms with E-state index in [4.69, 9.17) is 5.26 Å². The van der Waals surface area contributed by atoms with Crippen LogP contribution in [0.1, 0.15) is 19.5 Å². The first-order valence-corrected chi connectivity index (χ1v) is 6.51. The van der Waals surface area contributed by atoms with E-state index in [0.29, 0.717) is 18.3 Å². The Bertz CT molecular complexity index is 453. The third-order valence-corrected chi connectivity index (χ3v) is 3.29. The minimum atomic E-state index is -0.298. The Morgan fingerprint density at radius 3 is 2.79 bits per heavy atom. The summed E-state index contributed by atoms with van der Waals surface area (Å²) in [6, 6.07) is 5.81. The van der Waals surface area contributed by atoms with Gasteiger partial charge >= 0.3 is 0 Å². The van der Waals surface area contributed by atoms with Gasteiger partial charge in [0.2, 0.25) is 0 Å². The minimum absolute atomic E-state index is 0.298. The second-order valence-electron chi connectivity index (χ2n) is 5.04. The Labute approximate surface area is 113 Å². The SMILES string of the molecule is CC(O)CN1CCN(c2ccc(C#N)nn2)C(C)C1. The van der Waals surface area contributed by atoms with Crippen LogP contribution in [0.5, 0.6) is 0 Å². The molecule has 0 bridgehead atoms. The van der Waals surface area contributed by atoms with Gasteiger partial charge in [-0.3, -0.25) is 4.90 Å². The molecule has 0 aliphatic carbocycles. The van der Waals surface area contributed by atoms with Crippen LogP contribution in [-0.2, 0) is 0 Å². The van der Waals surface area contributed by atoms with Crippen LogP contribution in [0.4, 0.5) is 5.82 Å². The molecule has 1 N–H and O–H groups in total. The third kappa shape index (κ3) is 3.40. The van der Waals surface area contributed by atoms with Crippen molar-refractivity contribution in [3.05, 3.63) is 17.8 Å². The first kappa shape index (κ1) is 13.7. The maximum Gasteiger partial charge on any atom is 0.163 e. The number of aromatic nitrogens is 2. The molecule has 1 saturated heterocycles. The molecule has 102 valence electrons. The van der Waals surface area contributed by atoms with Gasteiger partial charge in [-0.1, -0.05) is 0 Å². The van der Waals surface area contributed by atoms with Crippen molar-refractivity contribution in [2.24, 2.45) is 0 Å². The summed E-state index contributed by atoms with van der Waals surface area (Å²) in [4.78, 5) is 4.44. The Kier molecular flexibility index (Phi) is 4.30. The smallest absolute Gasteiger partial charge is 0.163 e. The van der Waals surface area contributed by atoms with Gasteiger partial charge in [-0.25, -0.2) is 0 Å². The summed E-state index contributed by atoms with van der Waals surface area (Å²) in [5, 5.41) is 26.1. The molecule has 2 rings (SSSR count). The van der Waals surface area contributed by atoms with Gasteiger partial charge in [0.25, 0.3) is 0 Å². The number of piperazine rings is 1. The number of β-amino-alcohol motifs (C(OH)–C–C–N with tert-alkyl or cyclic N) is 1. The van der Waals surface area contributed by atoms with Crippen molar-refractivity contribution >= 4 is 5.82 Å². The van der Waals surface area contributed by atoms with E-state index in [1.807, 2.05) is 19.1 Å². The van der Waals surface area contributed by atoms with Crippen LogP contribution >= 0.6 is 0 Å². The number of anilines is 1. The fraction of sp³-hybridized carbons (Fsp3) is 0.615. The van der Waals surface area contributed by atoms with Gasteiger partial charge in [0, 0.05) is 32.2 Å². The average molecular weight is 261 g/mol. The summed E-state index contributed by atoms with van der Waals surface area (Å²) >= 11 is 0. The molecule has 0 spiro atoms. The highest BCUT2D eigenvalue weighted by atomic mass is 16.3.